The normalized spacial score (nSPS) is 11.5. The predicted octanol–water partition coefficient (Wildman–Crippen LogP) is 2.89. The van der Waals surface area contributed by atoms with Crippen molar-refractivity contribution >= 4 is 17.3 Å². The molecule has 0 saturated carbocycles. The Morgan fingerprint density at radius 3 is 2.56 bits per heavy atom. The second-order valence-corrected chi connectivity index (χ2v) is 6.07. The highest BCUT2D eigenvalue weighted by Gasteiger charge is 2.17. The van der Waals surface area contributed by atoms with Crippen molar-refractivity contribution in [3.8, 4) is 0 Å². The summed E-state index contributed by atoms with van der Waals surface area (Å²) in [5.74, 6) is 0.671. The van der Waals surface area contributed by atoms with Crippen molar-refractivity contribution in [2.45, 2.75) is 32.6 Å². The maximum Gasteiger partial charge on any atom is 0.222 e. The van der Waals surface area contributed by atoms with Crippen LogP contribution in [0, 0.1) is 0 Å². The van der Waals surface area contributed by atoms with Gasteiger partial charge < -0.3 is 5.32 Å². The van der Waals surface area contributed by atoms with Crippen LogP contribution in [0.25, 0.3) is 0 Å². The van der Waals surface area contributed by atoms with Crippen LogP contribution in [0.5, 0.6) is 0 Å². The molecule has 0 amide bonds. The van der Waals surface area contributed by atoms with E-state index in [1.165, 1.54) is 5.69 Å². The highest BCUT2D eigenvalue weighted by molar-refractivity contribution is 7.09. The maximum atomic E-state index is 4.65. The Labute approximate surface area is 112 Å². The largest absolute Gasteiger partial charge is 0.354 e. The average Bonchev–Trinajstić information content (AvgIpc) is 2.79. The molecule has 18 heavy (non-hydrogen) atoms. The van der Waals surface area contributed by atoms with Crippen LogP contribution < -0.4 is 5.32 Å². The summed E-state index contributed by atoms with van der Waals surface area (Å²) in [7, 11) is 0. The van der Waals surface area contributed by atoms with Gasteiger partial charge in [0, 0.05) is 36.2 Å². The fourth-order valence-corrected chi connectivity index (χ4v) is 2.47. The summed E-state index contributed by atoms with van der Waals surface area (Å²) < 4.78 is 0. The molecule has 2 aromatic heterocycles. The average molecular weight is 262 g/mol. The summed E-state index contributed by atoms with van der Waals surface area (Å²) in [4.78, 5) is 12.9. The standard InChI is InChI=1S/C13H18N4S/c1-13(2,3)10-9-18-11(17-10)5-8-16-12-14-6-4-7-15-12/h4,6-7,9H,5,8H2,1-3H3,(H,14,15,16). The zero-order valence-corrected chi connectivity index (χ0v) is 11.8. The lowest BCUT2D eigenvalue weighted by Crippen LogP contribution is -2.12. The monoisotopic (exact) mass is 262 g/mol. The summed E-state index contributed by atoms with van der Waals surface area (Å²) in [5.41, 5.74) is 1.29. The Morgan fingerprint density at radius 2 is 1.94 bits per heavy atom. The molecule has 2 heterocycles. The highest BCUT2D eigenvalue weighted by Crippen LogP contribution is 2.23. The van der Waals surface area contributed by atoms with Crippen molar-refractivity contribution in [3.63, 3.8) is 0 Å². The van der Waals surface area contributed by atoms with Gasteiger partial charge >= 0.3 is 0 Å². The van der Waals surface area contributed by atoms with Crippen LogP contribution in [0.2, 0.25) is 0 Å². The summed E-state index contributed by atoms with van der Waals surface area (Å²) in [6.45, 7) is 7.35. The molecule has 0 bridgehead atoms. The van der Waals surface area contributed by atoms with Crippen molar-refractivity contribution in [2.75, 3.05) is 11.9 Å². The molecule has 2 aromatic rings. The number of aromatic nitrogens is 3. The number of nitrogens with one attached hydrogen (secondary N) is 1. The van der Waals surface area contributed by atoms with Gasteiger partial charge in [0.2, 0.25) is 5.95 Å². The van der Waals surface area contributed by atoms with E-state index in [-0.39, 0.29) is 5.41 Å². The van der Waals surface area contributed by atoms with E-state index in [1.807, 2.05) is 6.07 Å². The van der Waals surface area contributed by atoms with E-state index in [0.717, 1.165) is 18.0 Å². The molecule has 0 aliphatic heterocycles. The van der Waals surface area contributed by atoms with E-state index in [2.05, 4.69) is 46.4 Å². The third-order valence-corrected chi connectivity index (χ3v) is 3.42. The van der Waals surface area contributed by atoms with Crippen LogP contribution in [0.4, 0.5) is 5.95 Å². The first-order chi connectivity index (χ1) is 8.55. The molecule has 5 heteroatoms. The van der Waals surface area contributed by atoms with Crippen molar-refractivity contribution < 1.29 is 0 Å². The maximum absolute atomic E-state index is 4.65. The number of rotatable bonds is 4. The van der Waals surface area contributed by atoms with Gasteiger partial charge in [-0.2, -0.15) is 0 Å². The molecule has 0 spiro atoms. The molecule has 0 unspecified atom stereocenters. The van der Waals surface area contributed by atoms with Gasteiger partial charge in [-0.3, -0.25) is 0 Å². The molecule has 1 N–H and O–H groups in total. The molecule has 0 aliphatic rings. The summed E-state index contributed by atoms with van der Waals surface area (Å²) >= 11 is 1.72. The van der Waals surface area contributed by atoms with Gasteiger partial charge in [0.25, 0.3) is 0 Å². The highest BCUT2D eigenvalue weighted by atomic mass is 32.1. The van der Waals surface area contributed by atoms with Crippen molar-refractivity contribution in [3.05, 3.63) is 34.5 Å². The van der Waals surface area contributed by atoms with E-state index in [0.29, 0.717) is 5.95 Å². The van der Waals surface area contributed by atoms with Crippen LogP contribution in [-0.2, 0) is 11.8 Å². The molecule has 0 fully saturated rings. The van der Waals surface area contributed by atoms with E-state index in [1.54, 1.807) is 23.7 Å². The summed E-state index contributed by atoms with van der Waals surface area (Å²) in [5, 5.41) is 6.49. The number of hydrogen-bond acceptors (Lipinski definition) is 5. The van der Waals surface area contributed by atoms with Crippen LogP contribution >= 0.6 is 11.3 Å². The Balaban J connectivity index is 1.86. The first-order valence-electron chi connectivity index (χ1n) is 6.01. The smallest absolute Gasteiger partial charge is 0.222 e. The van der Waals surface area contributed by atoms with Gasteiger partial charge in [0.05, 0.1) is 10.7 Å². The molecular formula is C13H18N4S. The quantitative estimate of drug-likeness (QED) is 0.920. The third-order valence-electron chi connectivity index (χ3n) is 2.51. The molecule has 0 aromatic carbocycles. The fraction of sp³-hybridized carbons (Fsp3) is 0.462. The number of nitrogens with zero attached hydrogens (tertiary/aromatic N) is 3. The van der Waals surface area contributed by atoms with Crippen molar-refractivity contribution in [1.82, 2.24) is 15.0 Å². The lowest BCUT2D eigenvalue weighted by atomic mass is 9.93. The van der Waals surface area contributed by atoms with Gasteiger partial charge in [-0.05, 0) is 6.07 Å². The Bertz CT molecular complexity index is 487. The van der Waals surface area contributed by atoms with Crippen LogP contribution in [0.3, 0.4) is 0 Å². The molecule has 96 valence electrons. The second-order valence-electron chi connectivity index (χ2n) is 5.13. The minimum Gasteiger partial charge on any atom is -0.354 e. The topological polar surface area (TPSA) is 50.7 Å². The molecule has 0 saturated heterocycles. The van der Waals surface area contributed by atoms with Gasteiger partial charge in [-0.25, -0.2) is 15.0 Å². The van der Waals surface area contributed by atoms with Crippen LogP contribution in [0.15, 0.2) is 23.8 Å². The van der Waals surface area contributed by atoms with Gasteiger partial charge in [-0.1, -0.05) is 20.8 Å². The number of anilines is 1. The molecule has 0 atom stereocenters. The van der Waals surface area contributed by atoms with Gasteiger partial charge in [0.1, 0.15) is 0 Å². The molecular weight excluding hydrogens is 244 g/mol. The molecule has 4 nitrogen and oxygen atoms in total. The SMILES string of the molecule is CC(C)(C)c1csc(CCNc2ncccn2)n1. The molecule has 0 aliphatic carbocycles. The molecule has 2 rings (SSSR count). The third kappa shape index (κ3) is 3.50. The summed E-state index contributed by atoms with van der Waals surface area (Å²) in [6, 6.07) is 1.81. The zero-order valence-electron chi connectivity index (χ0n) is 11.0. The van der Waals surface area contributed by atoms with Gasteiger partial charge in [-0.15, -0.1) is 11.3 Å². The van der Waals surface area contributed by atoms with E-state index < -0.39 is 0 Å². The zero-order chi connectivity index (χ0) is 13.0. The van der Waals surface area contributed by atoms with Crippen LogP contribution in [-0.4, -0.2) is 21.5 Å². The minimum absolute atomic E-state index is 0.130. The number of thiazole rings is 1. The molecule has 0 radical (unpaired) electrons. The first kappa shape index (κ1) is 13.0. The van der Waals surface area contributed by atoms with Crippen LogP contribution in [0.1, 0.15) is 31.5 Å². The second kappa shape index (κ2) is 5.44. The minimum atomic E-state index is 0.130. The summed E-state index contributed by atoms with van der Waals surface area (Å²) in [6.07, 6.45) is 4.37. The van der Waals surface area contributed by atoms with Crippen molar-refractivity contribution in [1.29, 1.82) is 0 Å². The lowest BCUT2D eigenvalue weighted by Gasteiger charge is -2.14. The lowest BCUT2D eigenvalue weighted by molar-refractivity contribution is 0.571. The predicted molar refractivity (Wildman–Crippen MR) is 75.0 cm³/mol. The van der Waals surface area contributed by atoms with E-state index in [4.69, 9.17) is 0 Å². The van der Waals surface area contributed by atoms with Gasteiger partial charge in [0.15, 0.2) is 0 Å². The van der Waals surface area contributed by atoms with E-state index in [9.17, 15) is 0 Å². The Morgan fingerprint density at radius 1 is 1.22 bits per heavy atom. The fourth-order valence-electron chi connectivity index (χ4n) is 1.44. The Kier molecular flexibility index (Phi) is 3.91. The van der Waals surface area contributed by atoms with E-state index >= 15 is 0 Å². The first-order valence-corrected chi connectivity index (χ1v) is 6.89. The Hall–Kier alpha value is -1.49. The number of hydrogen-bond donors (Lipinski definition) is 1. The van der Waals surface area contributed by atoms with Crippen molar-refractivity contribution in [2.24, 2.45) is 0 Å².